The second kappa shape index (κ2) is 3.98. The fourth-order valence-corrected chi connectivity index (χ4v) is 1.66. The molecular formula is C9H9BrFNO. The van der Waals surface area contributed by atoms with Gasteiger partial charge >= 0.3 is 0 Å². The van der Waals surface area contributed by atoms with Crippen LogP contribution in [-0.4, -0.2) is 5.78 Å². The molecule has 0 radical (unpaired) electrons. The van der Waals surface area contributed by atoms with Gasteiger partial charge in [-0.3, -0.25) is 4.79 Å². The van der Waals surface area contributed by atoms with Gasteiger partial charge in [-0.05, 0) is 24.6 Å². The minimum absolute atomic E-state index is 0.0886. The molecule has 0 aliphatic rings. The van der Waals surface area contributed by atoms with Gasteiger partial charge in [0.15, 0.2) is 5.78 Å². The number of hydrogen-bond acceptors (Lipinski definition) is 2. The van der Waals surface area contributed by atoms with Crippen LogP contribution in [-0.2, 0) is 6.54 Å². The maximum absolute atomic E-state index is 13.2. The van der Waals surface area contributed by atoms with E-state index in [1.165, 1.54) is 13.0 Å². The van der Waals surface area contributed by atoms with Crippen molar-refractivity contribution in [3.05, 3.63) is 33.5 Å². The van der Waals surface area contributed by atoms with Gasteiger partial charge in [0.2, 0.25) is 0 Å². The zero-order chi connectivity index (χ0) is 10.0. The molecule has 0 bridgehead atoms. The van der Waals surface area contributed by atoms with Gasteiger partial charge in [-0.25, -0.2) is 4.39 Å². The van der Waals surface area contributed by atoms with Crippen LogP contribution in [0.15, 0.2) is 16.6 Å². The van der Waals surface area contributed by atoms with E-state index in [-0.39, 0.29) is 17.9 Å². The van der Waals surface area contributed by atoms with E-state index in [1.54, 1.807) is 6.07 Å². The Morgan fingerprint density at radius 2 is 2.23 bits per heavy atom. The molecule has 0 spiro atoms. The van der Waals surface area contributed by atoms with Crippen LogP contribution in [0.4, 0.5) is 4.39 Å². The summed E-state index contributed by atoms with van der Waals surface area (Å²) in [6.07, 6.45) is 0. The van der Waals surface area contributed by atoms with Crippen molar-refractivity contribution in [3.63, 3.8) is 0 Å². The first kappa shape index (κ1) is 10.3. The standard InChI is InChI=1S/C9H9BrFNO/c1-5(13)9-6(4-12)2-7(10)3-8(9)11/h2-3H,4,12H2,1H3. The van der Waals surface area contributed by atoms with E-state index < -0.39 is 5.82 Å². The molecule has 0 fully saturated rings. The quantitative estimate of drug-likeness (QED) is 0.813. The second-order valence-electron chi connectivity index (χ2n) is 2.68. The summed E-state index contributed by atoms with van der Waals surface area (Å²) < 4.78 is 13.8. The summed E-state index contributed by atoms with van der Waals surface area (Å²) in [6.45, 7) is 1.48. The van der Waals surface area contributed by atoms with E-state index in [4.69, 9.17) is 5.73 Å². The van der Waals surface area contributed by atoms with Crippen molar-refractivity contribution in [2.24, 2.45) is 5.73 Å². The molecule has 4 heteroatoms. The van der Waals surface area contributed by atoms with Crippen molar-refractivity contribution < 1.29 is 9.18 Å². The Morgan fingerprint density at radius 1 is 1.62 bits per heavy atom. The average Bonchev–Trinajstić information content (AvgIpc) is 2.01. The fraction of sp³-hybridized carbons (Fsp3) is 0.222. The number of hydrogen-bond donors (Lipinski definition) is 1. The van der Waals surface area contributed by atoms with Crippen LogP contribution in [0.5, 0.6) is 0 Å². The van der Waals surface area contributed by atoms with Crippen LogP contribution in [0.3, 0.4) is 0 Å². The van der Waals surface area contributed by atoms with Crippen LogP contribution in [0, 0.1) is 5.82 Å². The summed E-state index contributed by atoms with van der Waals surface area (Å²) in [6, 6.07) is 2.91. The highest BCUT2D eigenvalue weighted by molar-refractivity contribution is 9.10. The lowest BCUT2D eigenvalue weighted by Crippen LogP contribution is -2.07. The van der Waals surface area contributed by atoms with Crippen molar-refractivity contribution >= 4 is 21.7 Å². The van der Waals surface area contributed by atoms with Crippen LogP contribution >= 0.6 is 15.9 Å². The molecular weight excluding hydrogens is 237 g/mol. The Morgan fingerprint density at radius 3 is 2.69 bits per heavy atom. The third-order valence-electron chi connectivity index (χ3n) is 1.71. The monoisotopic (exact) mass is 245 g/mol. The van der Waals surface area contributed by atoms with E-state index in [0.29, 0.717) is 10.0 Å². The normalized spacial score (nSPS) is 10.2. The Balaban J connectivity index is 3.38. The molecule has 0 saturated heterocycles. The van der Waals surface area contributed by atoms with Gasteiger partial charge in [-0.2, -0.15) is 0 Å². The maximum atomic E-state index is 13.2. The molecule has 0 saturated carbocycles. The first-order valence-electron chi connectivity index (χ1n) is 3.75. The van der Waals surface area contributed by atoms with Crippen LogP contribution in [0.25, 0.3) is 0 Å². The summed E-state index contributed by atoms with van der Waals surface area (Å²) in [5.41, 5.74) is 6.00. The Labute approximate surface area is 84.1 Å². The van der Waals surface area contributed by atoms with Gasteiger partial charge in [0.25, 0.3) is 0 Å². The van der Waals surface area contributed by atoms with Crippen LogP contribution in [0.1, 0.15) is 22.8 Å². The number of Topliss-reactive ketones (excluding diaryl/α,β-unsaturated/α-hetero) is 1. The smallest absolute Gasteiger partial charge is 0.163 e. The molecule has 1 aromatic rings. The molecule has 0 unspecified atom stereocenters. The van der Waals surface area contributed by atoms with Crippen molar-refractivity contribution in [1.29, 1.82) is 0 Å². The van der Waals surface area contributed by atoms with E-state index in [2.05, 4.69) is 15.9 Å². The van der Waals surface area contributed by atoms with E-state index in [1.807, 2.05) is 0 Å². The average molecular weight is 246 g/mol. The topological polar surface area (TPSA) is 43.1 Å². The maximum Gasteiger partial charge on any atom is 0.163 e. The van der Waals surface area contributed by atoms with Gasteiger partial charge in [0.1, 0.15) is 5.82 Å². The Kier molecular flexibility index (Phi) is 3.17. The van der Waals surface area contributed by atoms with Gasteiger partial charge in [0, 0.05) is 11.0 Å². The second-order valence-corrected chi connectivity index (χ2v) is 3.60. The number of ketones is 1. The Bertz CT molecular complexity index is 352. The lowest BCUT2D eigenvalue weighted by Gasteiger charge is -2.06. The summed E-state index contributed by atoms with van der Waals surface area (Å²) in [5.74, 6) is -0.826. The minimum atomic E-state index is -0.526. The van der Waals surface area contributed by atoms with Gasteiger partial charge < -0.3 is 5.73 Å². The molecule has 0 heterocycles. The molecule has 1 aromatic carbocycles. The molecule has 1 rings (SSSR count). The number of carbonyl (C=O) groups excluding carboxylic acids is 1. The SMILES string of the molecule is CC(=O)c1c(F)cc(Br)cc1CN. The predicted octanol–water partition coefficient (Wildman–Crippen LogP) is 2.25. The van der Waals surface area contributed by atoms with Gasteiger partial charge in [-0.15, -0.1) is 0 Å². The van der Waals surface area contributed by atoms with Crippen molar-refractivity contribution in [2.75, 3.05) is 0 Å². The van der Waals surface area contributed by atoms with Gasteiger partial charge in [-0.1, -0.05) is 15.9 Å². The van der Waals surface area contributed by atoms with Crippen molar-refractivity contribution in [2.45, 2.75) is 13.5 Å². The zero-order valence-electron chi connectivity index (χ0n) is 7.10. The van der Waals surface area contributed by atoms with Crippen LogP contribution in [0.2, 0.25) is 0 Å². The molecule has 2 N–H and O–H groups in total. The van der Waals surface area contributed by atoms with E-state index in [0.717, 1.165) is 0 Å². The first-order valence-corrected chi connectivity index (χ1v) is 4.54. The number of nitrogens with two attached hydrogens (primary N) is 1. The largest absolute Gasteiger partial charge is 0.326 e. The molecule has 70 valence electrons. The fourth-order valence-electron chi connectivity index (χ4n) is 1.18. The molecule has 0 aromatic heterocycles. The molecule has 0 atom stereocenters. The van der Waals surface area contributed by atoms with Crippen molar-refractivity contribution in [1.82, 2.24) is 0 Å². The van der Waals surface area contributed by atoms with E-state index >= 15 is 0 Å². The number of benzene rings is 1. The molecule has 2 nitrogen and oxygen atoms in total. The highest BCUT2D eigenvalue weighted by Crippen LogP contribution is 2.20. The van der Waals surface area contributed by atoms with Gasteiger partial charge in [0.05, 0.1) is 5.56 Å². The van der Waals surface area contributed by atoms with Crippen LogP contribution < -0.4 is 5.73 Å². The van der Waals surface area contributed by atoms with Crippen molar-refractivity contribution in [3.8, 4) is 0 Å². The summed E-state index contributed by atoms with van der Waals surface area (Å²) in [7, 11) is 0. The summed E-state index contributed by atoms with van der Waals surface area (Å²) in [5, 5.41) is 0. The highest BCUT2D eigenvalue weighted by atomic mass is 79.9. The number of halogens is 2. The number of carbonyl (C=O) groups is 1. The first-order chi connectivity index (χ1) is 6.06. The predicted molar refractivity (Wildman–Crippen MR) is 52.0 cm³/mol. The third-order valence-corrected chi connectivity index (χ3v) is 2.17. The molecule has 0 aliphatic carbocycles. The third kappa shape index (κ3) is 2.14. The lowest BCUT2D eigenvalue weighted by molar-refractivity contribution is 0.101. The Hall–Kier alpha value is -0.740. The summed E-state index contributed by atoms with van der Waals surface area (Å²) >= 11 is 3.13. The minimum Gasteiger partial charge on any atom is -0.326 e. The zero-order valence-corrected chi connectivity index (χ0v) is 8.69. The lowest BCUT2D eigenvalue weighted by atomic mass is 10.0. The summed E-state index contributed by atoms with van der Waals surface area (Å²) in [4.78, 5) is 11.0. The highest BCUT2D eigenvalue weighted by Gasteiger charge is 2.12. The number of rotatable bonds is 2. The molecule has 0 amide bonds. The van der Waals surface area contributed by atoms with E-state index in [9.17, 15) is 9.18 Å². The molecule has 13 heavy (non-hydrogen) atoms. The molecule has 0 aliphatic heterocycles.